The number of hydrogen-bond acceptors (Lipinski definition) is 2. The Labute approximate surface area is 75.7 Å². The number of aliphatic hydroxyl groups excluding tert-OH is 1. The Bertz CT molecular complexity index is 297. The van der Waals surface area contributed by atoms with Gasteiger partial charge in [-0.2, -0.15) is 0 Å². The molecular formula is C9H9ClO2. The number of rotatable bonds is 2. The summed E-state index contributed by atoms with van der Waals surface area (Å²) in [5.74, 6) is -0.0911. The molecule has 0 aromatic heterocycles. The van der Waals surface area contributed by atoms with Gasteiger partial charge < -0.3 is 10.2 Å². The lowest BCUT2D eigenvalue weighted by Crippen LogP contribution is -1.92. The van der Waals surface area contributed by atoms with Crippen molar-refractivity contribution in [1.82, 2.24) is 0 Å². The fraction of sp³-hybridized carbons (Fsp3) is 0.111. The summed E-state index contributed by atoms with van der Waals surface area (Å²) in [4.78, 5) is 0. The van der Waals surface area contributed by atoms with E-state index in [1.807, 2.05) is 0 Å². The minimum absolute atomic E-state index is 0.0911. The molecule has 1 aromatic rings. The van der Waals surface area contributed by atoms with Gasteiger partial charge in [-0.25, -0.2) is 0 Å². The van der Waals surface area contributed by atoms with Gasteiger partial charge in [-0.05, 0) is 6.07 Å². The summed E-state index contributed by atoms with van der Waals surface area (Å²) in [5, 5.41) is 18.9. The molecule has 0 bridgehead atoms. The topological polar surface area (TPSA) is 40.5 Å². The van der Waals surface area contributed by atoms with Gasteiger partial charge in [0.25, 0.3) is 0 Å². The summed E-state index contributed by atoms with van der Waals surface area (Å²) in [5.41, 5.74) is 0.373. The first-order valence-corrected chi connectivity index (χ1v) is 3.82. The molecule has 1 atom stereocenters. The molecule has 0 spiro atoms. The molecule has 0 aliphatic heterocycles. The maximum Gasteiger partial charge on any atom is 0.140 e. The fourth-order valence-electron chi connectivity index (χ4n) is 0.898. The van der Waals surface area contributed by atoms with Crippen LogP contribution in [0.4, 0.5) is 0 Å². The van der Waals surface area contributed by atoms with E-state index in [0.717, 1.165) is 0 Å². The molecule has 0 radical (unpaired) electrons. The number of phenolic OH excluding ortho intramolecular Hbond substituents is 1. The van der Waals surface area contributed by atoms with Crippen LogP contribution in [-0.2, 0) is 0 Å². The molecule has 0 heterocycles. The van der Waals surface area contributed by atoms with Gasteiger partial charge in [0, 0.05) is 5.56 Å². The van der Waals surface area contributed by atoms with E-state index in [9.17, 15) is 10.2 Å². The monoisotopic (exact) mass is 184 g/mol. The average Bonchev–Trinajstić information content (AvgIpc) is 2.08. The molecule has 0 amide bonds. The molecule has 1 rings (SSSR count). The molecule has 0 saturated heterocycles. The fourth-order valence-corrected chi connectivity index (χ4v) is 1.08. The maximum atomic E-state index is 9.36. The molecular weight excluding hydrogens is 176 g/mol. The van der Waals surface area contributed by atoms with Crippen LogP contribution in [0, 0.1) is 0 Å². The molecule has 64 valence electrons. The minimum Gasteiger partial charge on any atom is -0.506 e. The van der Waals surface area contributed by atoms with Crippen LogP contribution in [0.2, 0.25) is 5.02 Å². The van der Waals surface area contributed by atoms with Gasteiger partial charge in [0.2, 0.25) is 0 Å². The highest BCUT2D eigenvalue weighted by Gasteiger charge is 2.10. The predicted molar refractivity (Wildman–Crippen MR) is 48.3 cm³/mol. The van der Waals surface area contributed by atoms with Crippen LogP contribution >= 0.6 is 11.6 Å². The van der Waals surface area contributed by atoms with E-state index in [1.165, 1.54) is 6.08 Å². The molecule has 1 aromatic carbocycles. The maximum absolute atomic E-state index is 9.36. The minimum atomic E-state index is -0.872. The number of phenols is 1. The van der Waals surface area contributed by atoms with Crippen LogP contribution in [0.15, 0.2) is 30.9 Å². The lowest BCUT2D eigenvalue weighted by atomic mass is 10.1. The van der Waals surface area contributed by atoms with Gasteiger partial charge in [0.05, 0.1) is 5.02 Å². The van der Waals surface area contributed by atoms with Crippen molar-refractivity contribution in [3.63, 3.8) is 0 Å². The molecule has 0 fully saturated rings. The Hall–Kier alpha value is -0.990. The quantitative estimate of drug-likeness (QED) is 0.693. The van der Waals surface area contributed by atoms with Crippen LogP contribution in [0.1, 0.15) is 11.7 Å². The summed E-state index contributed by atoms with van der Waals surface area (Å²) < 4.78 is 0. The summed E-state index contributed by atoms with van der Waals surface area (Å²) in [6, 6.07) is 4.80. The van der Waals surface area contributed by atoms with Gasteiger partial charge in [0.1, 0.15) is 11.9 Å². The normalized spacial score (nSPS) is 12.5. The zero-order chi connectivity index (χ0) is 9.14. The Morgan fingerprint density at radius 1 is 1.50 bits per heavy atom. The van der Waals surface area contributed by atoms with Crippen LogP contribution < -0.4 is 0 Å². The van der Waals surface area contributed by atoms with E-state index >= 15 is 0 Å². The average molecular weight is 185 g/mol. The zero-order valence-electron chi connectivity index (χ0n) is 6.37. The van der Waals surface area contributed by atoms with E-state index in [4.69, 9.17) is 11.6 Å². The molecule has 0 aliphatic carbocycles. The highest BCUT2D eigenvalue weighted by molar-refractivity contribution is 6.32. The Morgan fingerprint density at radius 2 is 2.17 bits per heavy atom. The second-order valence-electron chi connectivity index (χ2n) is 2.36. The Balaban J connectivity index is 3.15. The van der Waals surface area contributed by atoms with Crippen molar-refractivity contribution < 1.29 is 10.2 Å². The first kappa shape index (κ1) is 9.10. The van der Waals surface area contributed by atoms with E-state index in [0.29, 0.717) is 5.56 Å². The van der Waals surface area contributed by atoms with Crippen molar-refractivity contribution in [3.05, 3.63) is 41.4 Å². The van der Waals surface area contributed by atoms with Gasteiger partial charge in [-0.3, -0.25) is 0 Å². The second kappa shape index (κ2) is 3.61. The molecule has 3 heteroatoms. The number of halogens is 1. The molecule has 0 unspecified atom stereocenters. The smallest absolute Gasteiger partial charge is 0.140 e. The molecule has 12 heavy (non-hydrogen) atoms. The van der Waals surface area contributed by atoms with Crippen LogP contribution in [0.5, 0.6) is 5.75 Å². The molecule has 2 nitrogen and oxygen atoms in total. The van der Waals surface area contributed by atoms with E-state index in [-0.39, 0.29) is 10.8 Å². The van der Waals surface area contributed by atoms with Gasteiger partial charge >= 0.3 is 0 Å². The van der Waals surface area contributed by atoms with Crippen molar-refractivity contribution in [3.8, 4) is 5.75 Å². The molecule has 0 aliphatic rings. The Morgan fingerprint density at radius 3 is 2.75 bits per heavy atom. The van der Waals surface area contributed by atoms with Crippen molar-refractivity contribution in [2.75, 3.05) is 0 Å². The molecule has 0 saturated carbocycles. The van der Waals surface area contributed by atoms with Gasteiger partial charge in [-0.15, -0.1) is 6.58 Å². The first-order valence-electron chi connectivity index (χ1n) is 3.45. The highest BCUT2D eigenvalue weighted by Crippen LogP contribution is 2.31. The van der Waals surface area contributed by atoms with Gasteiger partial charge in [-0.1, -0.05) is 29.8 Å². The largest absolute Gasteiger partial charge is 0.506 e. The van der Waals surface area contributed by atoms with Crippen LogP contribution in [-0.4, -0.2) is 10.2 Å². The van der Waals surface area contributed by atoms with E-state index in [2.05, 4.69) is 6.58 Å². The third kappa shape index (κ3) is 1.60. The zero-order valence-corrected chi connectivity index (χ0v) is 7.12. The number of para-hydroxylation sites is 1. The van der Waals surface area contributed by atoms with Crippen LogP contribution in [0.3, 0.4) is 0 Å². The molecule has 2 N–H and O–H groups in total. The first-order chi connectivity index (χ1) is 5.66. The van der Waals surface area contributed by atoms with Gasteiger partial charge in [0.15, 0.2) is 0 Å². The van der Waals surface area contributed by atoms with Crippen molar-refractivity contribution in [2.45, 2.75) is 6.10 Å². The Kier molecular flexibility index (Phi) is 2.74. The highest BCUT2D eigenvalue weighted by atomic mass is 35.5. The van der Waals surface area contributed by atoms with Crippen molar-refractivity contribution >= 4 is 11.6 Å². The number of hydrogen-bond donors (Lipinski definition) is 2. The van der Waals surface area contributed by atoms with Crippen molar-refractivity contribution in [2.24, 2.45) is 0 Å². The lowest BCUT2D eigenvalue weighted by Gasteiger charge is -2.08. The van der Waals surface area contributed by atoms with E-state index in [1.54, 1.807) is 18.2 Å². The van der Waals surface area contributed by atoms with Crippen molar-refractivity contribution in [1.29, 1.82) is 0 Å². The van der Waals surface area contributed by atoms with Crippen LogP contribution in [0.25, 0.3) is 0 Å². The third-order valence-electron chi connectivity index (χ3n) is 1.56. The SMILES string of the molecule is C=C[C@H](O)c1cccc(Cl)c1O. The standard InChI is InChI=1S/C9H9ClO2/c1-2-8(11)6-4-3-5-7(10)9(6)12/h2-5,8,11-12H,1H2/t8-/m0/s1. The second-order valence-corrected chi connectivity index (χ2v) is 2.77. The summed E-state index contributed by atoms with van der Waals surface area (Å²) >= 11 is 5.62. The summed E-state index contributed by atoms with van der Waals surface area (Å²) in [6.45, 7) is 3.40. The predicted octanol–water partition coefficient (Wildman–Crippen LogP) is 2.27. The summed E-state index contributed by atoms with van der Waals surface area (Å²) in [6.07, 6.45) is 0.453. The summed E-state index contributed by atoms with van der Waals surface area (Å²) in [7, 11) is 0. The lowest BCUT2D eigenvalue weighted by molar-refractivity contribution is 0.224. The number of aliphatic hydroxyl groups is 1. The third-order valence-corrected chi connectivity index (χ3v) is 1.86. The van der Waals surface area contributed by atoms with E-state index < -0.39 is 6.10 Å². The number of aromatic hydroxyl groups is 1. The number of benzene rings is 1.